The number of amides is 1. The number of carbonyl (C=O) groups is 2. The number of ketones is 1. The number of fused-ring (bicyclic) bond motifs is 1. The Morgan fingerprint density at radius 1 is 1.24 bits per heavy atom. The number of aliphatic hydroxyl groups is 1. The second kappa shape index (κ2) is 9.56. The fourth-order valence-electron chi connectivity index (χ4n) is 4.05. The molecule has 2 aromatic heterocycles. The van der Waals surface area contributed by atoms with Crippen LogP contribution in [0.3, 0.4) is 0 Å². The molecule has 0 radical (unpaired) electrons. The van der Waals surface area contributed by atoms with Crippen LogP contribution in [0.4, 0.5) is 0 Å². The summed E-state index contributed by atoms with van der Waals surface area (Å²) >= 11 is 6.14. The van der Waals surface area contributed by atoms with Crippen LogP contribution < -0.4 is 4.74 Å². The lowest BCUT2D eigenvalue weighted by Crippen LogP contribution is -2.32. The number of hydrogen-bond donors (Lipinski definition) is 1. The number of carbonyl (C=O) groups excluding carboxylic acids is 2. The molecule has 1 aliphatic heterocycles. The Morgan fingerprint density at radius 3 is 2.65 bits per heavy atom. The van der Waals surface area contributed by atoms with Crippen LogP contribution in [0.25, 0.3) is 11.0 Å². The highest BCUT2D eigenvalue weighted by Gasteiger charge is 2.45. The van der Waals surface area contributed by atoms with Gasteiger partial charge in [-0.25, -0.2) is 0 Å². The summed E-state index contributed by atoms with van der Waals surface area (Å²) in [6.07, 6.45) is 0.579. The second-order valence-corrected chi connectivity index (χ2v) is 8.79. The highest BCUT2D eigenvalue weighted by Crippen LogP contribution is 2.41. The van der Waals surface area contributed by atoms with Crippen LogP contribution in [0.1, 0.15) is 48.4 Å². The average molecular weight is 488 g/mol. The Kier molecular flexibility index (Phi) is 6.72. The minimum absolute atomic E-state index is 0.0526. The standard InChI is InChI=1S/C25H26ClNO7/c1-13(2)32-9-5-8-27-21(17-7-6-14(3)33-17)20(23(29)25(27)30)22(28)18-11-15-10-16(26)12-19(31-4)24(15)34-18/h6-7,10-13,21,29H,5,8-9H2,1-4H3. The molecule has 0 saturated heterocycles. The van der Waals surface area contributed by atoms with Gasteiger partial charge in [-0.05, 0) is 51.5 Å². The van der Waals surface area contributed by atoms with E-state index in [0.29, 0.717) is 46.3 Å². The SMILES string of the molecule is COc1cc(Cl)cc2cc(C(=O)C3=C(O)C(=O)N(CCCOC(C)C)C3c3ccc(C)o3)oc12. The minimum atomic E-state index is -0.897. The van der Waals surface area contributed by atoms with Crippen molar-refractivity contribution in [3.63, 3.8) is 0 Å². The highest BCUT2D eigenvalue weighted by atomic mass is 35.5. The molecule has 0 saturated carbocycles. The van der Waals surface area contributed by atoms with Gasteiger partial charge in [-0.2, -0.15) is 0 Å². The maximum atomic E-state index is 13.6. The van der Waals surface area contributed by atoms with Gasteiger partial charge in [0.25, 0.3) is 5.91 Å². The van der Waals surface area contributed by atoms with E-state index in [-0.39, 0.29) is 24.0 Å². The summed E-state index contributed by atoms with van der Waals surface area (Å²) in [6.45, 7) is 6.31. The third-order valence-corrected chi connectivity index (χ3v) is 5.78. The van der Waals surface area contributed by atoms with E-state index in [0.717, 1.165) is 0 Å². The van der Waals surface area contributed by atoms with Gasteiger partial charge in [0.1, 0.15) is 17.6 Å². The molecule has 1 amide bonds. The predicted octanol–water partition coefficient (Wildman–Crippen LogP) is 5.39. The molecule has 0 aliphatic carbocycles. The number of hydrogen-bond acceptors (Lipinski definition) is 7. The number of aryl methyl sites for hydroxylation is 1. The van der Waals surface area contributed by atoms with Crippen molar-refractivity contribution < 1.29 is 33.0 Å². The molecule has 1 aliphatic rings. The van der Waals surface area contributed by atoms with Gasteiger partial charge in [0.15, 0.2) is 22.9 Å². The molecule has 4 rings (SSSR count). The fourth-order valence-corrected chi connectivity index (χ4v) is 4.27. The molecule has 0 fully saturated rings. The lowest BCUT2D eigenvalue weighted by Gasteiger charge is -2.24. The minimum Gasteiger partial charge on any atom is -0.503 e. The zero-order valence-electron chi connectivity index (χ0n) is 19.4. The number of halogens is 1. The summed E-state index contributed by atoms with van der Waals surface area (Å²) in [6, 6.07) is 7.27. The van der Waals surface area contributed by atoms with Crippen LogP contribution in [0.5, 0.6) is 5.75 Å². The number of nitrogens with zero attached hydrogens (tertiary/aromatic N) is 1. The lowest BCUT2D eigenvalue weighted by molar-refractivity contribution is -0.129. The van der Waals surface area contributed by atoms with Crippen LogP contribution in [-0.2, 0) is 9.53 Å². The molecule has 1 aromatic carbocycles. The lowest BCUT2D eigenvalue weighted by atomic mass is 9.99. The third-order valence-electron chi connectivity index (χ3n) is 5.56. The van der Waals surface area contributed by atoms with Gasteiger partial charge in [0, 0.05) is 29.6 Å². The van der Waals surface area contributed by atoms with Gasteiger partial charge in [-0.1, -0.05) is 11.6 Å². The Hall–Kier alpha value is -3.23. The number of methoxy groups -OCH3 is 1. The van der Waals surface area contributed by atoms with Crippen molar-refractivity contribution in [2.45, 2.75) is 39.3 Å². The van der Waals surface area contributed by atoms with Gasteiger partial charge in [0.2, 0.25) is 5.78 Å². The first kappa shape index (κ1) is 23.9. The summed E-state index contributed by atoms with van der Waals surface area (Å²) in [5, 5.41) is 11.7. The number of aliphatic hydroxyl groups excluding tert-OH is 1. The van der Waals surface area contributed by atoms with Crippen LogP contribution in [0, 0.1) is 6.92 Å². The Labute approximate surface area is 201 Å². The molecule has 180 valence electrons. The number of furan rings is 2. The smallest absolute Gasteiger partial charge is 0.290 e. The number of ether oxygens (including phenoxy) is 2. The molecule has 3 heterocycles. The Balaban J connectivity index is 1.71. The summed E-state index contributed by atoms with van der Waals surface area (Å²) in [5.41, 5.74) is 0.237. The van der Waals surface area contributed by atoms with E-state index >= 15 is 0 Å². The maximum absolute atomic E-state index is 13.6. The van der Waals surface area contributed by atoms with Gasteiger partial charge >= 0.3 is 0 Å². The first-order valence-corrected chi connectivity index (χ1v) is 11.3. The van der Waals surface area contributed by atoms with Crippen molar-refractivity contribution in [2.24, 2.45) is 0 Å². The van der Waals surface area contributed by atoms with Crippen molar-refractivity contribution in [1.82, 2.24) is 4.90 Å². The molecule has 1 unspecified atom stereocenters. The fraction of sp³-hybridized carbons (Fsp3) is 0.360. The molecule has 0 bridgehead atoms. The molecule has 1 N–H and O–H groups in total. The Morgan fingerprint density at radius 2 is 2.00 bits per heavy atom. The van der Waals surface area contributed by atoms with Gasteiger partial charge < -0.3 is 28.3 Å². The summed E-state index contributed by atoms with van der Waals surface area (Å²) in [7, 11) is 1.47. The first-order chi connectivity index (χ1) is 16.2. The van der Waals surface area contributed by atoms with Crippen LogP contribution >= 0.6 is 11.6 Å². The van der Waals surface area contributed by atoms with Crippen molar-refractivity contribution in [3.8, 4) is 5.75 Å². The monoisotopic (exact) mass is 487 g/mol. The van der Waals surface area contributed by atoms with E-state index in [1.807, 2.05) is 13.8 Å². The van der Waals surface area contributed by atoms with E-state index in [2.05, 4.69) is 0 Å². The third kappa shape index (κ3) is 4.43. The largest absolute Gasteiger partial charge is 0.503 e. The maximum Gasteiger partial charge on any atom is 0.290 e. The second-order valence-electron chi connectivity index (χ2n) is 8.35. The van der Waals surface area contributed by atoms with Crippen LogP contribution in [0.15, 0.2) is 50.5 Å². The number of benzene rings is 1. The molecule has 0 spiro atoms. The van der Waals surface area contributed by atoms with E-state index in [9.17, 15) is 14.7 Å². The quantitative estimate of drug-likeness (QED) is 0.319. The molecular weight excluding hydrogens is 462 g/mol. The number of rotatable bonds is 9. The van der Waals surface area contributed by atoms with Crippen LogP contribution in [0.2, 0.25) is 5.02 Å². The van der Waals surface area contributed by atoms with Gasteiger partial charge in [-0.15, -0.1) is 0 Å². The van der Waals surface area contributed by atoms with Gasteiger partial charge in [-0.3, -0.25) is 9.59 Å². The van der Waals surface area contributed by atoms with Crippen molar-refractivity contribution >= 4 is 34.3 Å². The molecular formula is C25H26ClNO7. The predicted molar refractivity (Wildman–Crippen MR) is 125 cm³/mol. The van der Waals surface area contributed by atoms with E-state index in [1.54, 1.807) is 31.2 Å². The average Bonchev–Trinajstić information content (AvgIpc) is 3.47. The van der Waals surface area contributed by atoms with Gasteiger partial charge in [0.05, 0.1) is 18.8 Å². The van der Waals surface area contributed by atoms with E-state index in [1.165, 1.54) is 18.1 Å². The molecule has 9 heteroatoms. The van der Waals surface area contributed by atoms with Crippen LogP contribution in [-0.4, -0.2) is 48.1 Å². The molecule has 8 nitrogen and oxygen atoms in total. The van der Waals surface area contributed by atoms with E-state index < -0.39 is 23.5 Å². The Bertz CT molecular complexity index is 1270. The van der Waals surface area contributed by atoms with Crippen molar-refractivity contribution in [3.05, 3.63) is 64.0 Å². The molecule has 34 heavy (non-hydrogen) atoms. The molecule has 1 atom stereocenters. The van der Waals surface area contributed by atoms with Crippen molar-refractivity contribution in [2.75, 3.05) is 20.3 Å². The summed E-state index contributed by atoms with van der Waals surface area (Å²) in [4.78, 5) is 28.0. The zero-order chi connectivity index (χ0) is 24.6. The zero-order valence-corrected chi connectivity index (χ0v) is 20.1. The highest BCUT2D eigenvalue weighted by molar-refractivity contribution is 6.31. The first-order valence-electron chi connectivity index (χ1n) is 10.9. The summed E-state index contributed by atoms with van der Waals surface area (Å²) in [5.74, 6) is -0.592. The molecule has 3 aromatic rings. The summed E-state index contributed by atoms with van der Waals surface area (Å²) < 4.78 is 22.5. The van der Waals surface area contributed by atoms with E-state index in [4.69, 9.17) is 29.9 Å². The topological polar surface area (TPSA) is 102 Å². The van der Waals surface area contributed by atoms with Crippen molar-refractivity contribution in [1.29, 1.82) is 0 Å². The normalized spacial score (nSPS) is 16.4. The number of Topliss-reactive ketones (excluding diaryl/α,β-unsaturated/α-hetero) is 1.